The van der Waals surface area contributed by atoms with Crippen LogP contribution in [0.25, 0.3) is 0 Å². The van der Waals surface area contributed by atoms with Crippen LogP contribution in [0.5, 0.6) is 5.75 Å². The monoisotopic (exact) mass is 466 g/mol. The summed E-state index contributed by atoms with van der Waals surface area (Å²) in [5.74, 6) is 2.35. The Labute approximate surface area is 189 Å². The van der Waals surface area contributed by atoms with E-state index in [9.17, 15) is 13.2 Å². The van der Waals surface area contributed by atoms with Crippen molar-refractivity contribution in [2.24, 2.45) is 23.5 Å². The molecule has 0 radical (unpaired) electrons. The Morgan fingerprint density at radius 1 is 1.25 bits per heavy atom. The highest BCUT2D eigenvalue weighted by molar-refractivity contribution is 7.91. The van der Waals surface area contributed by atoms with Crippen molar-refractivity contribution in [3.8, 4) is 5.75 Å². The first-order valence-electron chi connectivity index (χ1n) is 11.4. The minimum atomic E-state index is -3.09. The topological polar surface area (TPSA) is 125 Å². The molecule has 3 aliphatic rings. The molecule has 2 amide bonds. The lowest BCUT2D eigenvalue weighted by molar-refractivity contribution is -0.0101. The van der Waals surface area contributed by atoms with Crippen LogP contribution in [0.15, 0.2) is 24.3 Å². The summed E-state index contributed by atoms with van der Waals surface area (Å²) in [6.45, 7) is 4.63. The van der Waals surface area contributed by atoms with E-state index in [1.807, 2.05) is 29.2 Å². The summed E-state index contributed by atoms with van der Waals surface area (Å²) in [6.07, 6.45) is 0.440. The molecule has 3 unspecified atom stereocenters. The lowest BCUT2D eigenvalue weighted by Gasteiger charge is -2.58. The number of urea groups is 1. The molecule has 178 valence electrons. The number of hydrogen-bond acceptors (Lipinski definition) is 7. The van der Waals surface area contributed by atoms with E-state index < -0.39 is 9.84 Å². The van der Waals surface area contributed by atoms with Crippen LogP contribution in [-0.4, -0.2) is 87.4 Å². The van der Waals surface area contributed by atoms with Crippen molar-refractivity contribution in [2.45, 2.75) is 25.4 Å². The molecule has 4 bridgehead atoms. The minimum Gasteiger partial charge on any atom is -0.494 e. The van der Waals surface area contributed by atoms with Crippen LogP contribution in [0.4, 0.5) is 10.5 Å². The van der Waals surface area contributed by atoms with Crippen molar-refractivity contribution < 1.29 is 23.1 Å². The normalized spacial score (nSPS) is 28.4. The van der Waals surface area contributed by atoms with Gasteiger partial charge in [-0.2, -0.15) is 0 Å². The number of nitrogens with one attached hydrogen (secondary N) is 1. The summed E-state index contributed by atoms with van der Waals surface area (Å²) in [4.78, 5) is 16.9. The molecule has 0 aromatic heterocycles. The van der Waals surface area contributed by atoms with Gasteiger partial charge >= 0.3 is 6.03 Å². The van der Waals surface area contributed by atoms with Crippen LogP contribution in [0, 0.1) is 17.8 Å². The van der Waals surface area contributed by atoms with Gasteiger partial charge in [0.25, 0.3) is 0 Å². The number of carbonyl (C=O) groups is 1. The summed E-state index contributed by atoms with van der Waals surface area (Å²) in [5, 5.41) is 11.8. The van der Waals surface area contributed by atoms with E-state index in [4.69, 9.17) is 15.6 Å². The summed E-state index contributed by atoms with van der Waals surface area (Å²) in [7, 11) is -3.09. The molecular formula is C22H34N4O5S. The number of rotatable bonds is 10. The second kappa shape index (κ2) is 9.44. The smallest absolute Gasteiger partial charge is 0.317 e. The van der Waals surface area contributed by atoms with Gasteiger partial charge in [0.1, 0.15) is 5.75 Å². The largest absolute Gasteiger partial charge is 0.494 e. The number of nitrogens with zero attached hydrogens (tertiary/aromatic N) is 2. The molecular weight excluding hydrogens is 432 g/mol. The number of aliphatic hydroxyl groups is 1. The van der Waals surface area contributed by atoms with E-state index in [1.54, 1.807) is 0 Å². The van der Waals surface area contributed by atoms with Crippen molar-refractivity contribution in [1.82, 2.24) is 10.2 Å². The van der Waals surface area contributed by atoms with Gasteiger partial charge in [-0.1, -0.05) is 6.92 Å². The maximum Gasteiger partial charge on any atom is 0.317 e. The molecule has 9 nitrogen and oxygen atoms in total. The van der Waals surface area contributed by atoms with Crippen LogP contribution >= 0.6 is 0 Å². The van der Waals surface area contributed by atoms with Crippen molar-refractivity contribution in [3.63, 3.8) is 0 Å². The molecule has 2 saturated heterocycles. The molecule has 1 saturated carbocycles. The lowest BCUT2D eigenvalue weighted by Crippen LogP contribution is -2.66. The number of aliphatic hydroxyl groups excluding tert-OH is 1. The Kier molecular flexibility index (Phi) is 6.83. The number of nitrogens with two attached hydrogens (primary N) is 1. The van der Waals surface area contributed by atoms with Gasteiger partial charge in [-0.15, -0.1) is 0 Å². The molecule has 1 aromatic rings. The number of carbonyl (C=O) groups excluding carboxylic acids is 1. The van der Waals surface area contributed by atoms with Gasteiger partial charge in [0.2, 0.25) is 0 Å². The maximum absolute atomic E-state index is 12.6. The average molecular weight is 467 g/mol. The van der Waals surface area contributed by atoms with Crippen LogP contribution in [0.3, 0.4) is 0 Å². The van der Waals surface area contributed by atoms with Crippen molar-refractivity contribution in [3.05, 3.63) is 24.3 Å². The van der Waals surface area contributed by atoms with Crippen molar-refractivity contribution in [2.75, 3.05) is 55.8 Å². The maximum atomic E-state index is 12.6. The fourth-order valence-corrected chi connectivity index (χ4v) is 6.84. The van der Waals surface area contributed by atoms with Crippen LogP contribution in [-0.2, 0) is 9.84 Å². The zero-order valence-electron chi connectivity index (χ0n) is 18.5. The predicted molar refractivity (Wildman–Crippen MR) is 123 cm³/mol. The number of ether oxygens (including phenoxy) is 1. The van der Waals surface area contributed by atoms with E-state index in [0.29, 0.717) is 49.4 Å². The van der Waals surface area contributed by atoms with Gasteiger partial charge in [0.15, 0.2) is 9.84 Å². The number of amides is 2. The third-order valence-electron chi connectivity index (χ3n) is 7.23. The number of piperidine rings is 2. The molecule has 10 heteroatoms. The van der Waals surface area contributed by atoms with E-state index >= 15 is 0 Å². The lowest BCUT2D eigenvalue weighted by atomic mass is 9.57. The van der Waals surface area contributed by atoms with Crippen molar-refractivity contribution in [1.29, 1.82) is 0 Å². The Bertz CT molecular complexity index is 909. The number of sulfone groups is 1. The van der Waals surface area contributed by atoms with E-state index in [2.05, 4.69) is 17.1 Å². The predicted octanol–water partition coefficient (Wildman–Crippen LogP) is 0.286. The van der Waals surface area contributed by atoms with E-state index in [-0.39, 0.29) is 37.2 Å². The van der Waals surface area contributed by atoms with Gasteiger partial charge in [-0.25, -0.2) is 13.2 Å². The highest BCUT2D eigenvalue weighted by Gasteiger charge is 2.64. The molecule has 1 aliphatic carbocycles. The second-order valence-electron chi connectivity index (χ2n) is 9.05. The fourth-order valence-electron chi connectivity index (χ4n) is 5.72. The van der Waals surface area contributed by atoms with E-state index in [1.165, 1.54) is 0 Å². The Hall–Kier alpha value is -2.04. The van der Waals surface area contributed by atoms with Crippen LogP contribution in [0.1, 0.15) is 13.3 Å². The first-order chi connectivity index (χ1) is 15.4. The molecule has 3 fully saturated rings. The number of anilines is 1. The Morgan fingerprint density at radius 3 is 2.69 bits per heavy atom. The minimum absolute atomic E-state index is 0.0146. The molecule has 5 atom stereocenters. The zero-order valence-corrected chi connectivity index (χ0v) is 19.3. The molecule has 1 aromatic carbocycles. The highest BCUT2D eigenvalue weighted by Crippen LogP contribution is 2.56. The van der Waals surface area contributed by atoms with Gasteiger partial charge in [-0.3, -0.25) is 0 Å². The molecule has 4 rings (SSSR count). The SMILES string of the molecule is CC1C2C3[C@@H]1CN(c1ccc(OCCCS(=O)(=O)CCN)cc1)[C@@H]2CN3C(=O)NCCO. The van der Waals surface area contributed by atoms with E-state index in [0.717, 1.165) is 18.0 Å². The van der Waals surface area contributed by atoms with Gasteiger partial charge in [0, 0.05) is 49.7 Å². The third kappa shape index (κ3) is 4.40. The van der Waals surface area contributed by atoms with Gasteiger partial charge in [-0.05, 0) is 36.6 Å². The standard InChI is InChI=1S/C22H34N4O5S/c1-15-18-13-25(19-14-26(21(18)20(15)19)22(28)24-8-9-27)16-3-5-17(6-4-16)31-10-2-11-32(29,30)12-7-23/h3-6,15,18-21,27H,2,7-14,23H2,1H3,(H,24,28)/t15?,18-,19-,20?,21?/m1/s1. The Balaban J connectivity index is 1.34. The molecule has 0 spiro atoms. The second-order valence-corrected chi connectivity index (χ2v) is 11.4. The zero-order chi connectivity index (χ0) is 22.9. The first kappa shape index (κ1) is 23.1. The summed E-state index contributed by atoms with van der Waals surface area (Å²) < 4.78 is 29.1. The van der Waals surface area contributed by atoms with Gasteiger partial charge in [0.05, 0.1) is 30.8 Å². The first-order valence-corrected chi connectivity index (χ1v) is 13.2. The van der Waals surface area contributed by atoms with Gasteiger partial charge < -0.3 is 30.7 Å². The molecule has 2 aliphatic heterocycles. The quantitative estimate of drug-likeness (QED) is 0.423. The molecule has 4 N–H and O–H groups in total. The number of hydrogen-bond donors (Lipinski definition) is 3. The van der Waals surface area contributed by atoms with Crippen molar-refractivity contribution >= 4 is 21.6 Å². The van der Waals surface area contributed by atoms with Crippen LogP contribution < -0.4 is 20.7 Å². The third-order valence-corrected chi connectivity index (χ3v) is 8.99. The van der Waals surface area contributed by atoms with Crippen LogP contribution in [0.2, 0.25) is 0 Å². The summed E-state index contributed by atoms with van der Waals surface area (Å²) in [5.41, 5.74) is 6.44. The fraction of sp³-hybridized carbons (Fsp3) is 0.682. The Morgan fingerprint density at radius 2 is 2.00 bits per heavy atom. The summed E-state index contributed by atoms with van der Waals surface area (Å²) >= 11 is 0. The number of likely N-dealkylation sites (tertiary alicyclic amines) is 1. The summed E-state index contributed by atoms with van der Waals surface area (Å²) in [6, 6.07) is 8.44. The highest BCUT2D eigenvalue weighted by atomic mass is 32.2. The molecule has 32 heavy (non-hydrogen) atoms. The molecule has 2 heterocycles. The number of benzene rings is 1. The average Bonchev–Trinajstić information content (AvgIpc) is 3.04.